The number of carbonyl (C=O) groups excluding carboxylic acids is 8. The number of rotatable bonds is 24. The number of urea groups is 1. The standard InChI is InChI=1S/C72H92N10O15S3/c1-42(2)63(81-60(84)26-30-93-31-29-74-66(88)47-22-25-52-54(33-47)79-56-41-99-50-18-13-11-9-10-12-17-49(34-50)98-40-55(56)78-52)68(90)80-53(19-15-28-75-69(73)91)67(89)77-48-23-20-46(21-24-48)38-94-70(92)82-95-39-61-76-37-51(100-61)32-44(4)57-35-59-72(8,97-59)27-14-16-43(3)64(86)45(5)65(87)71(6,7)58(83)36-62(85)96-57/h9-13,17-18,20-25,32-34,37,42-43,45,53,57-59,63-64,83,86H,14-16,19,26-31,35-36,38-41H2,1-8H3,(H,74,88)(H,77,89)(H,80,90)(H,81,84)(H,82,92)(H3,73,75,91)/b10-9?,11-9?,12-10?,13-11?,17-12?,18-13?,44-32+,49-17?,49-34?,50-18?,50-34?/t43-,45+,53-,57?,58-,59?,63-,64?,72+/m0/s1. The quantitative estimate of drug-likeness (QED) is 0.0120. The summed E-state index contributed by atoms with van der Waals surface area (Å²) in [6.07, 6.45) is 1.74. The van der Waals surface area contributed by atoms with Crippen molar-refractivity contribution in [2.75, 3.05) is 31.6 Å². The van der Waals surface area contributed by atoms with Gasteiger partial charge in [0, 0.05) is 75.5 Å². The van der Waals surface area contributed by atoms with Gasteiger partial charge < -0.3 is 61.5 Å². The van der Waals surface area contributed by atoms with Crippen molar-refractivity contribution in [2.45, 2.75) is 183 Å². The summed E-state index contributed by atoms with van der Waals surface area (Å²) in [5.74, 6) is -3.05. The highest BCUT2D eigenvalue weighted by atomic mass is 32.2. The maximum atomic E-state index is 13.8. The van der Waals surface area contributed by atoms with Crippen LogP contribution < -0.4 is 37.8 Å². The van der Waals surface area contributed by atoms with E-state index in [9.17, 15) is 48.6 Å². The SMILES string of the molecule is C/C(=C\c1cnc(CONC(=O)OCc2ccc(NC(=O)[C@H](CCCNC(N)=O)NC(=O)[C@@H](NC(=O)CCOCCNC(=O)c3ccc4nc5c(nc4c3)CSc3cccccccc(c3)SC5)C(C)C)cc2)s1)C1CC2O[C@]2(C)CCC[C@H](C)C(O)[C@@H](C)C(=O)C(C)(C)[C@@H](O)CC(=O)O1. The van der Waals surface area contributed by atoms with Crippen molar-refractivity contribution in [3.05, 3.63) is 135 Å². The molecule has 2 bridgehead atoms. The number of hydrogen-bond donors (Lipinski definition) is 9. The number of cyclic esters (lactones) is 1. The number of aliphatic hydroxyl groups is 2. The molecule has 3 aliphatic rings. The Labute approximate surface area is 595 Å². The summed E-state index contributed by atoms with van der Waals surface area (Å²) in [6.45, 7) is 14.2. The van der Waals surface area contributed by atoms with Crippen LogP contribution in [0, 0.1) is 23.2 Å². The molecule has 2 fully saturated rings. The number of anilines is 1. The fraction of sp³-hybridized carbons (Fsp3) is 0.486. The van der Waals surface area contributed by atoms with Crippen LogP contribution in [-0.2, 0) is 72.5 Å². The molecule has 28 heteroatoms. The van der Waals surface area contributed by atoms with Gasteiger partial charge in [-0.15, -0.1) is 34.9 Å². The largest absolute Gasteiger partial charge is 0.458 e. The van der Waals surface area contributed by atoms with Gasteiger partial charge in [-0.3, -0.25) is 33.6 Å². The van der Waals surface area contributed by atoms with Crippen LogP contribution in [0.3, 0.4) is 0 Å². The summed E-state index contributed by atoms with van der Waals surface area (Å²) in [6, 6.07) is 25.1. The van der Waals surface area contributed by atoms with Crippen LogP contribution in [0.5, 0.6) is 0 Å². The van der Waals surface area contributed by atoms with E-state index in [0.717, 1.165) is 34.0 Å². The number of thioether (sulfide) groups is 2. The third kappa shape index (κ3) is 23.2. The molecule has 0 aliphatic carbocycles. The van der Waals surface area contributed by atoms with Crippen molar-refractivity contribution in [3.8, 4) is 0 Å². The molecule has 3 unspecified atom stereocenters. The van der Waals surface area contributed by atoms with Crippen LogP contribution in [0.1, 0.15) is 144 Å². The number of fused-ring (bicyclic) bond motifs is 5. The first-order valence-electron chi connectivity index (χ1n) is 33.6. The number of primary amides is 1. The number of nitrogens with two attached hydrogens (primary N) is 1. The van der Waals surface area contributed by atoms with E-state index < -0.39 is 95.5 Å². The molecule has 5 aromatic rings. The fourth-order valence-corrected chi connectivity index (χ4v) is 14.2. The molecule has 3 aliphatic heterocycles. The lowest BCUT2D eigenvalue weighted by Gasteiger charge is -2.34. The zero-order chi connectivity index (χ0) is 72.1. The van der Waals surface area contributed by atoms with Crippen molar-refractivity contribution >= 4 is 105 Å². The molecule has 25 nitrogen and oxygen atoms in total. The summed E-state index contributed by atoms with van der Waals surface area (Å²) in [5.41, 5.74) is 10.8. The maximum absolute atomic E-state index is 13.8. The molecular weight excluding hydrogens is 1340 g/mol. The molecule has 0 saturated carbocycles. The second-order valence-corrected chi connectivity index (χ2v) is 29.6. The van der Waals surface area contributed by atoms with Crippen LogP contribution >= 0.6 is 34.9 Å². The van der Waals surface area contributed by atoms with Crippen LogP contribution in [0.4, 0.5) is 15.3 Å². The van der Waals surface area contributed by atoms with Gasteiger partial charge in [-0.05, 0) is 117 Å². The Bertz CT molecular complexity index is 3800. The zero-order valence-electron chi connectivity index (χ0n) is 57.7. The Hall–Kier alpha value is -8.09. The number of amides is 7. The van der Waals surface area contributed by atoms with Crippen molar-refractivity contribution in [1.29, 1.82) is 0 Å². The van der Waals surface area contributed by atoms with Gasteiger partial charge >= 0.3 is 18.1 Å². The molecule has 5 heterocycles. The molecule has 8 rings (SSSR count). The normalized spacial score (nSPS) is 21.5. The lowest BCUT2D eigenvalue weighted by atomic mass is 9.73. The summed E-state index contributed by atoms with van der Waals surface area (Å²) in [5, 5.41) is 36.4. The van der Waals surface area contributed by atoms with Crippen molar-refractivity contribution in [1.82, 2.24) is 41.7 Å². The average molecular weight is 1430 g/mol. The number of carbonyl (C=O) groups is 8. The highest BCUT2D eigenvalue weighted by Crippen LogP contribution is 2.45. The molecule has 538 valence electrons. The minimum Gasteiger partial charge on any atom is -0.458 e. The molecule has 0 spiro atoms. The number of Topliss-reactive ketones (excluding diaryl/α,β-unsaturated/α-hetero) is 1. The number of hydroxylamine groups is 1. The smallest absolute Gasteiger partial charge is 0.431 e. The van der Waals surface area contributed by atoms with Gasteiger partial charge in [-0.25, -0.2) is 24.5 Å². The number of nitrogens with one attached hydrogen (secondary N) is 6. The van der Waals surface area contributed by atoms with E-state index in [4.69, 9.17) is 39.5 Å². The molecule has 10 N–H and O–H groups in total. The number of thiazole rings is 1. The number of ketones is 1. The van der Waals surface area contributed by atoms with Crippen molar-refractivity contribution in [2.24, 2.45) is 28.9 Å². The topological polar surface area (TPSA) is 363 Å². The van der Waals surface area contributed by atoms with E-state index in [1.807, 2.05) is 57.2 Å². The van der Waals surface area contributed by atoms with Gasteiger partial charge in [0.1, 0.15) is 42.2 Å². The van der Waals surface area contributed by atoms with Crippen LogP contribution in [-0.4, -0.2) is 141 Å². The number of nitrogens with zero attached hydrogens (tertiary/aromatic N) is 3. The minimum atomic E-state index is -1.36. The number of aliphatic hydroxyl groups excluding tert-OH is 2. The summed E-state index contributed by atoms with van der Waals surface area (Å²) >= 11 is 4.65. The number of aromatic nitrogens is 3. The van der Waals surface area contributed by atoms with E-state index in [2.05, 4.69) is 55.2 Å². The Morgan fingerprint density at radius 3 is 2.23 bits per heavy atom. The molecule has 9 atom stereocenters. The van der Waals surface area contributed by atoms with Gasteiger partial charge in [0.15, 0.2) is 0 Å². The third-order valence-corrected chi connectivity index (χ3v) is 20.7. The number of ether oxygens (including phenoxy) is 4. The molecule has 2 saturated heterocycles. The third-order valence-electron chi connectivity index (χ3n) is 17.8. The number of esters is 1. The number of epoxide rings is 1. The summed E-state index contributed by atoms with van der Waals surface area (Å²) < 4.78 is 23.2. The average Bonchev–Trinajstić information content (AvgIpc) is 1.60. The lowest BCUT2D eigenvalue weighted by Crippen LogP contribution is -2.54. The molecule has 0 radical (unpaired) electrons. The lowest BCUT2D eigenvalue weighted by molar-refractivity contribution is -0.154. The first-order valence-corrected chi connectivity index (χ1v) is 36.4. The predicted molar refractivity (Wildman–Crippen MR) is 380 cm³/mol. The summed E-state index contributed by atoms with van der Waals surface area (Å²) in [7, 11) is 0. The predicted octanol–water partition coefficient (Wildman–Crippen LogP) is 9.34. The maximum Gasteiger partial charge on any atom is 0.431 e. The van der Waals surface area contributed by atoms with Gasteiger partial charge in [-0.2, -0.15) is 5.48 Å². The highest BCUT2D eigenvalue weighted by molar-refractivity contribution is 7.99. The van der Waals surface area contributed by atoms with Gasteiger partial charge in [0.2, 0.25) is 17.7 Å². The molecule has 7 amide bonds. The van der Waals surface area contributed by atoms with E-state index >= 15 is 0 Å². The van der Waals surface area contributed by atoms with Gasteiger partial charge in [0.25, 0.3) is 5.91 Å². The molecule has 100 heavy (non-hydrogen) atoms. The van der Waals surface area contributed by atoms with Crippen molar-refractivity contribution in [3.63, 3.8) is 0 Å². The Kier molecular flexibility index (Phi) is 28.7. The Balaban J connectivity index is 0.755. The van der Waals surface area contributed by atoms with Gasteiger partial charge in [0.05, 0.1) is 71.4 Å². The van der Waals surface area contributed by atoms with E-state index in [1.165, 1.54) is 11.3 Å². The molecule has 3 aromatic carbocycles. The van der Waals surface area contributed by atoms with Crippen molar-refractivity contribution < 1.29 is 72.4 Å². The zero-order valence-corrected chi connectivity index (χ0v) is 60.1. The molecule has 2 aromatic heterocycles. The second kappa shape index (κ2) is 37.0. The molecular formula is C72H92N10O15S3. The van der Waals surface area contributed by atoms with Crippen LogP contribution in [0.15, 0.2) is 113 Å². The fourth-order valence-electron chi connectivity index (χ4n) is 11.5. The first kappa shape index (κ1) is 77.6. The number of hydrogen-bond acceptors (Lipinski definition) is 21. The Morgan fingerprint density at radius 1 is 0.830 bits per heavy atom. The highest BCUT2D eigenvalue weighted by Gasteiger charge is 2.53. The first-order chi connectivity index (χ1) is 47.7. The monoisotopic (exact) mass is 1430 g/mol. The number of benzene rings is 2. The van der Waals surface area contributed by atoms with Crippen LogP contribution in [0.25, 0.3) is 17.1 Å². The van der Waals surface area contributed by atoms with Gasteiger partial charge in [-0.1, -0.05) is 90.4 Å². The second-order valence-electron chi connectivity index (χ2n) is 26.3. The van der Waals surface area contributed by atoms with E-state index in [1.54, 1.807) is 107 Å². The van der Waals surface area contributed by atoms with E-state index in [-0.39, 0.29) is 82.5 Å². The van der Waals surface area contributed by atoms with E-state index in [0.29, 0.717) is 67.7 Å². The Morgan fingerprint density at radius 2 is 1.53 bits per heavy atom. The van der Waals surface area contributed by atoms with Crippen LogP contribution in [0.2, 0.25) is 0 Å². The summed E-state index contributed by atoms with van der Waals surface area (Å²) in [4.78, 5) is 128. The minimum absolute atomic E-state index is 0.00282.